The Morgan fingerprint density at radius 3 is 2.12 bits per heavy atom. The van der Waals surface area contributed by atoms with Gasteiger partial charge in [-0.2, -0.15) is 0 Å². The molecule has 0 unspecified atom stereocenters. The number of carbonyl (C=O) groups is 4. The smallest absolute Gasteiger partial charge is 0.407 e. The van der Waals surface area contributed by atoms with Crippen LogP contribution in [0.1, 0.15) is 55.4 Å². The molecule has 3 aromatic carbocycles. The van der Waals surface area contributed by atoms with Crippen molar-refractivity contribution in [1.29, 1.82) is 0 Å². The van der Waals surface area contributed by atoms with Crippen molar-refractivity contribution in [2.75, 3.05) is 18.5 Å². The molecule has 0 fully saturated rings. The molecule has 2 amide bonds. The fourth-order valence-electron chi connectivity index (χ4n) is 4.98. The number of aliphatic carboxylic acids is 2. The highest BCUT2D eigenvalue weighted by Crippen LogP contribution is 2.44. The van der Waals surface area contributed by atoms with Crippen LogP contribution >= 0.6 is 0 Å². The first-order valence-electron chi connectivity index (χ1n) is 13.8. The van der Waals surface area contributed by atoms with Gasteiger partial charge < -0.3 is 25.6 Å². The third-order valence-corrected chi connectivity index (χ3v) is 7.07. The molecule has 9 nitrogen and oxygen atoms in total. The minimum absolute atomic E-state index is 0.00951. The van der Waals surface area contributed by atoms with E-state index < -0.39 is 29.4 Å². The van der Waals surface area contributed by atoms with Crippen molar-refractivity contribution >= 4 is 41.8 Å². The van der Waals surface area contributed by atoms with Gasteiger partial charge in [0, 0.05) is 36.2 Å². The maximum atomic E-state index is 12.8. The van der Waals surface area contributed by atoms with Gasteiger partial charge in [0.1, 0.15) is 6.61 Å². The number of carboxylic acid groups (broad SMARTS) is 2. The Labute approximate surface area is 249 Å². The number of alkyl carbamates (subject to hydrolysis) is 1. The fourth-order valence-corrected chi connectivity index (χ4v) is 4.98. The van der Waals surface area contributed by atoms with Crippen molar-refractivity contribution in [2.45, 2.75) is 33.1 Å². The molecule has 0 aromatic heterocycles. The Morgan fingerprint density at radius 2 is 1.53 bits per heavy atom. The van der Waals surface area contributed by atoms with E-state index in [0.29, 0.717) is 16.8 Å². The van der Waals surface area contributed by atoms with E-state index in [0.717, 1.165) is 28.3 Å². The zero-order valence-electron chi connectivity index (χ0n) is 24.2. The second kappa shape index (κ2) is 13.2. The second-order valence-electron chi connectivity index (χ2n) is 11.2. The van der Waals surface area contributed by atoms with Crippen molar-refractivity contribution in [3.8, 4) is 11.1 Å². The highest BCUT2D eigenvalue weighted by Gasteiger charge is 2.29. The summed E-state index contributed by atoms with van der Waals surface area (Å²) in [6.07, 6.45) is 3.07. The summed E-state index contributed by atoms with van der Waals surface area (Å²) in [7, 11) is 0. The van der Waals surface area contributed by atoms with Crippen molar-refractivity contribution in [3.05, 3.63) is 101 Å². The number of rotatable bonds is 10. The first-order valence-corrected chi connectivity index (χ1v) is 13.8. The molecule has 0 spiro atoms. The van der Waals surface area contributed by atoms with E-state index >= 15 is 0 Å². The molecule has 0 saturated heterocycles. The standard InChI is InChI=1S/C34H34N2O7/c1-34(2,3)28(32(40)41)18-21-12-13-22(14-15-31(38)39)29(19-21)36-30(37)16-17-35-33(42)43-20-27-25-10-6-4-8-23(25)24-9-5-7-11-26(24)27/h4-15,18-19,27H,16-17,20H2,1-3H3,(H,35,42)(H,36,37)(H,38,39)(H,40,41)/b15-14+,28-18-. The molecule has 0 bridgehead atoms. The van der Waals surface area contributed by atoms with Crippen molar-refractivity contribution in [1.82, 2.24) is 5.32 Å². The van der Waals surface area contributed by atoms with Gasteiger partial charge in [-0.3, -0.25) is 4.79 Å². The van der Waals surface area contributed by atoms with Crippen LogP contribution in [-0.2, 0) is 19.1 Å². The molecule has 0 heterocycles. The lowest BCUT2D eigenvalue weighted by Gasteiger charge is -2.19. The highest BCUT2D eigenvalue weighted by molar-refractivity contribution is 5.97. The third kappa shape index (κ3) is 7.77. The topological polar surface area (TPSA) is 142 Å². The summed E-state index contributed by atoms with van der Waals surface area (Å²) in [4.78, 5) is 48.1. The van der Waals surface area contributed by atoms with Gasteiger partial charge in [0.2, 0.25) is 5.91 Å². The van der Waals surface area contributed by atoms with E-state index in [9.17, 15) is 24.3 Å². The van der Waals surface area contributed by atoms with E-state index in [1.165, 1.54) is 12.2 Å². The molecule has 3 aromatic rings. The largest absolute Gasteiger partial charge is 0.478 e. The maximum absolute atomic E-state index is 12.8. The highest BCUT2D eigenvalue weighted by atomic mass is 16.5. The molecule has 1 aliphatic carbocycles. The number of ether oxygens (including phenoxy) is 1. The van der Waals surface area contributed by atoms with Gasteiger partial charge in [0.15, 0.2) is 0 Å². The Kier molecular flexibility index (Phi) is 9.45. The molecule has 4 N–H and O–H groups in total. The predicted octanol–water partition coefficient (Wildman–Crippen LogP) is 6.17. The van der Waals surface area contributed by atoms with Crippen LogP contribution in [0.15, 0.2) is 78.4 Å². The van der Waals surface area contributed by atoms with Gasteiger partial charge >= 0.3 is 18.0 Å². The number of amides is 2. The van der Waals surface area contributed by atoms with Crippen LogP contribution in [0.25, 0.3) is 23.3 Å². The summed E-state index contributed by atoms with van der Waals surface area (Å²) in [5, 5.41) is 24.0. The van der Waals surface area contributed by atoms with Crippen LogP contribution in [0, 0.1) is 5.41 Å². The van der Waals surface area contributed by atoms with E-state index in [-0.39, 0.29) is 31.1 Å². The number of carboxylic acids is 2. The average Bonchev–Trinajstić information content (AvgIpc) is 3.27. The molecule has 0 saturated carbocycles. The monoisotopic (exact) mass is 582 g/mol. The SMILES string of the molecule is CC(C)(C)/C(=C\c1ccc(/C=C/C(=O)O)c(NC(=O)CCNC(=O)OCC2c3ccccc3-c3ccccc32)c1)C(=O)O. The van der Waals surface area contributed by atoms with Gasteiger partial charge in [-0.15, -0.1) is 0 Å². The van der Waals surface area contributed by atoms with Gasteiger partial charge in [0.05, 0.1) is 0 Å². The number of hydrogen-bond acceptors (Lipinski definition) is 5. The molecule has 0 aliphatic heterocycles. The summed E-state index contributed by atoms with van der Waals surface area (Å²) in [6, 6.07) is 20.9. The van der Waals surface area contributed by atoms with Crippen LogP contribution in [0.5, 0.6) is 0 Å². The summed E-state index contributed by atoms with van der Waals surface area (Å²) >= 11 is 0. The third-order valence-electron chi connectivity index (χ3n) is 7.07. The average molecular weight is 583 g/mol. The minimum Gasteiger partial charge on any atom is -0.478 e. The second-order valence-corrected chi connectivity index (χ2v) is 11.2. The van der Waals surface area contributed by atoms with Crippen LogP contribution < -0.4 is 10.6 Å². The molecule has 0 radical (unpaired) electrons. The Hall–Kier alpha value is -5.18. The molecule has 222 valence electrons. The molecule has 4 rings (SSSR count). The van der Waals surface area contributed by atoms with Crippen molar-refractivity contribution in [2.24, 2.45) is 5.41 Å². The van der Waals surface area contributed by atoms with Crippen LogP contribution in [-0.4, -0.2) is 47.3 Å². The summed E-state index contributed by atoms with van der Waals surface area (Å²) in [6.45, 7) is 5.50. The van der Waals surface area contributed by atoms with E-state index in [2.05, 4.69) is 22.8 Å². The Bertz CT molecular complexity index is 1570. The Morgan fingerprint density at radius 1 is 0.907 bits per heavy atom. The van der Waals surface area contributed by atoms with Crippen LogP contribution in [0.4, 0.5) is 10.5 Å². The number of carbonyl (C=O) groups excluding carboxylic acids is 2. The normalized spacial score (nSPS) is 12.9. The maximum Gasteiger partial charge on any atom is 0.407 e. The first-order chi connectivity index (χ1) is 20.4. The summed E-state index contributed by atoms with van der Waals surface area (Å²) < 4.78 is 5.51. The lowest BCUT2D eigenvalue weighted by Crippen LogP contribution is -2.29. The quantitative estimate of drug-likeness (QED) is 0.210. The minimum atomic E-state index is -1.16. The van der Waals surface area contributed by atoms with Gasteiger partial charge in [-0.1, -0.05) is 81.4 Å². The number of hydrogen-bond donors (Lipinski definition) is 4. The first kappa shape index (κ1) is 30.8. The number of fused-ring (bicyclic) bond motifs is 3. The van der Waals surface area contributed by atoms with Gasteiger partial charge in [0.25, 0.3) is 0 Å². The summed E-state index contributed by atoms with van der Waals surface area (Å²) in [5.74, 6) is -2.74. The van der Waals surface area contributed by atoms with Crippen LogP contribution in [0.2, 0.25) is 0 Å². The molecule has 9 heteroatoms. The van der Waals surface area contributed by atoms with Gasteiger partial charge in [-0.05, 0) is 57.0 Å². The molecule has 43 heavy (non-hydrogen) atoms. The molecule has 0 atom stereocenters. The van der Waals surface area contributed by atoms with E-state index in [1.54, 1.807) is 39.0 Å². The number of nitrogens with one attached hydrogen (secondary N) is 2. The van der Waals surface area contributed by atoms with Crippen molar-refractivity contribution < 1.29 is 34.1 Å². The van der Waals surface area contributed by atoms with E-state index in [1.807, 2.05) is 36.4 Å². The molecular weight excluding hydrogens is 548 g/mol. The fraction of sp³-hybridized carbons (Fsp3) is 0.235. The Balaban J connectivity index is 1.37. The van der Waals surface area contributed by atoms with Crippen molar-refractivity contribution in [3.63, 3.8) is 0 Å². The summed E-state index contributed by atoms with van der Waals surface area (Å²) in [5.41, 5.74) is 5.22. The zero-order valence-corrected chi connectivity index (χ0v) is 24.2. The number of benzene rings is 3. The van der Waals surface area contributed by atoms with E-state index in [4.69, 9.17) is 9.84 Å². The zero-order chi connectivity index (χ0) is 31.1. The van der Waals surface area contributed by atoms with Gasteiger partial charge in [-0.25, -0.2) is 14.4 Å². The van der Waals surface area contributed by atoms with Crippen LogP contribution in [0.3, 0.4) is 0 Å². The number of anilines is 1. The molecule has 1 aliphatic rings. The lowest BCUT2D eigenvalue weighted by molar-refractivity contribution is -0.134. The molecular formula is C34H34N2O7. The lowest BCUT2D eigenvalue weighted by atomic mass is 9.85. The predicted molar refractivity (Wildman–Crippen MR) is 164 cm³/mol.